The first-order chi connectivity index (χ1) is 4.46. The molecule has 60 valence electrons. The van der Waals surface area contributed by atoms with Crippen molar-refractivity contribution >= 4 is 5.71 Å². The third-order valence-electron chi connectivity index (χ3n) is 1.99. The summed E-state index contributed by atoms with van der Waals surface area (Å²) >= 11 is 0. The van der Waals surface area contributed by atoms with Crippen molar-refractivity contribution in [2.45, 2.75) is 33.8 Å². The lowest BCUT2D eigenvalue weighted by atomic mass is 9.90. The summed E-state index contributed by atoms with van der Waals surface area (Å²) in [5.41, 5.74) is 0.362. The molecule has 0 aliphatic heterocycles. The van der Waals surface area contributed by atoms with Crippen molar-refractivity contribution in [2.24, 2.45) is 11.8 Å². The number of hydrogen-bond donors (Lipinski definition) is 2. The van der Waals surface area contributed by atoms with Crippen molar-refractivity contribution in [3.63, 3.8) is 0 Å². The summed E-state index contributed by atoms with van der Waals surface area (Å²) in [5, 5.41) is 16.5. The molecule has 0 saturated carbocycles. The van der Waals surface area contributed by atoms with E-state index in [1.165, 1.54) is 0 Å². The molecule has 0 aromatic heterocycles. The molecular formula is C8H17NO. The van der Waals surface area contributed by atoms with Crippen LogP contribution in [-0.4, -0.2) is 16.9 Å². The first-order valence-electron chi connectivity index (χ1n) is 3.70. The molecule has 10 heavy (non-hydrogen) atoms. The highest BCUT2D eigenvalue weighted by molar-refractivity contribution is 5.83. The zero-order valence-corrected chi connectivity index (χ0v) is 7.18. The van der Waals surface area contributed by atoms with Crippen molar-refractivity contribution in [1.82, 2.24) is 0 Å². The Bertz CT molecular complexity index is 120. The van der Waals surface area contributed by atoms with Gasteiger partial charge >= 0.3 is 0 Å². The molecule has 0 bridgehead atoms. The van der Waals surface area contributed by atoms with Crippen LogP contribution in [0.5, 0.6) is 0 Å². The van der Waals surface area contributed by atoms with Gasteiger partial charge in [-0.05, 0) is 18.8 Å². The van der Waals surface area contributed by atoms with Crippen molar-refractivity contribution in [1.29, 1.82) is 5.41 Å². The Hall–Kier alpha value is -0.370. The van der Waals surface area contributed by atoms with Gasteiger partial charge in [0.05, 0.1) is 6.10 Å². The maximum atomic E-state index is 9.34. The molecule has 0 fully saturated rings. The molecule has 2 N–H and O–H groups in total. The summed E-state index contributed by atoms with van der Waals surface area (Å²) in [6.07, 6.45) is -0.556. The molecule has 0 rings (SSSR count). The predicted octanol–water partition coefficient (Wildman–Crippen LogP) is 1.68. The van der Waals surface area contributed by atoms with E-state index in [1.807, 2.05) is 6.92 Å². The second-order valence-electron chi connectivity index (χ2n) is 3.23. The molecule has 0 aliphatic rings. The monoisotopic (exact) mass is 143 g/mol. The maximum Gasteiger partial charge on any atom is 0.0938 e. The first-order valence-corrected chi connectivity index (χ1v) is 3.70. The van der Waals surface area contributed by atoms with E-state index in [0.29, 0.717) is 11.6 Å². The molecule has 0 amide bonds. The number of aliphatic hydroxyl groups excluding tert-OH is 1. The van der Waals surface area contributed by atoms with E-state index in [2.05, 4.69) is 13.8 Å². The lowest BCUT2D eigenvalue weighted by Gasteiger charge is -2.20. The zero-order chi connectivity index (χ0) is 8.31. The van der Waals surface area contributed by atoms with Gasteiger partial charge in [0.1, 0.15) is 0 Å². The Morgan fingerprint density at radius 3 is 1.80 bits per heavy atom. The minimum Gasteiger partial charge on any atom is -0.387 e. The quantitative estimate of drug-likeness (QED) is 0.580. The molecule has 2 nitrogen and oxygen atoms in total. The zero-order valence-electron chi connectivity index (χ0n) is 7.18. The predicted molar refractivity (Wildman–Crippen MR) is 43.4 cm³/mol. The van der Waals surface area contributed by atoms with Gasteiger partial charge in [-0.3, -0.25) is 0 Å². The minimum atomic E-state index is -0.556. The van der Waals surface area contributed by atoms with Crippen molar-refractivity contribution in [3.8, 4) is 0 Å². The van der Waals surface area contributed by atoms with E-state index in [-0.39, 0.29) is 5.92 Å². The standard InChI is InChI=1S/C8H17NO/c1-5(2)6(3)8(10)7(4)9/h5-6,8-10H,1-4H3/t6-,8?/m0/s1. The van der Waals surface area contributed by atoms with Gasteiger partial charge < -0.3 is 10.5 Å². The lowest BCUT2D eigenvalue weighted by Crippen LogP contribution is -2.28. The minimum absolute atomic E-state index is 0.192. The van der Waals surface area contributed by atoms with Crippen LogP contribution in [0.25, 0.3) is 0 Å². The van der Waals surface area contributed by atoms with E-state index in [1.54, 1.807) is 6.92 Å². The summed E-state index contributed by atoms with van der Waals surface area (Å²) in [6, 6.07) is 0. The molecule has 2 atom stereocenters. The summed E-state index contributed by atoms with van der Waals surface area (Å²) in [7, 11) is 0. The molecular weight excluding hydrogens is 126 g/mol. The normalized spacial score (nSPS) is 17.0. The van der Waals surface area contributed by atoms with Crippen LogP contribution in [0.3, 0.4) is 0 Å². The highest BCUT2D eigenvalue weighted by Crippen LogP contribution is 2.14. The average Bonchev–Trinajstić information content (AvgIpc) is 1.84. The van der Waals surface area contributed by atoms with Crippen LogP contribution in [-0.2, 0) is 0 Å². The molecule has 0 aliphatic carbocycles. The second kappa shape index (κ2) is 3.71. The van der Waals surface area contributed by atoms with E-state index < -0.39 is 6.10 Å². The van der Waals surface area contributed by atoms with Gasteiger partial charge in [0.25, 0.3) is 0 Å². The highest BCUT2D eigenvalue weighted by Gasteiger charge is 2.18. The maximum absolute atomic E-state index is 9.34. The third-order valence-corrected chi connectivity index (χ3v) is 1.99. The lowest BCUT2D eigenvalue weighted by molar-refractivity contribution is 0.149. The topological polar surface area (TPSA) is 44.1 Å². The van der Waals surface area contributed by atoms with Crippen LogP contribution in [0.1, 0.15) is 27.7 Å². The van der Waals surface area contributed by atoms with Crippen molar-refractivity contribution < 1.29 is 5.11 Å². The number of rotatable bonds is 3. The fraction of sp³-hybridized carbons (Fsp3) is 0.875. The van der Waals surface area contributed by atoms with Crippen LogP contribution < -0.4 is 0 Å². The van der Waals surface area contributed by atoms with Gasteiger partial charge in [0.15, 0.2) is 0 Å². The van der Waals surface area contributed by atoms with Crippen molar-refractivity contribution in [3.05, 3.63) is 0 Å². The fourth-order valence-electron chi connectivity index (χ4n) is 0.759. The smallest absolute Gasteiger partial charge is 0.0938 e. The van der Waals surface area contributed by atoms with Gasteiger partial charge in [-0.1, -0.05) is 20.8 Å². The number of hydrogen-bond acceptors (Lipinski definition) is 2. The second-order valence-corrected chi connectivity index (χ2v) is 3.23. The van der Waals surface area contributed by atoms with E-state index in [9.17, 15) is 5.11 Å². The van der Waals surface area contributed by atoms with E-state index in [4.69, 9.17) is 5.41 Å². The Labute approximate surface area is 62.8 Å². The average molecular weight is 143 g/mol. The summed E-state index contributed by atoms with van der Waals surface area (Å²) < 4.78 is 0. The molecule has 0 heterocycles. The summed E-state index contributed by atoms with van der Waals surface area (Å²) in [4.78, 5) is 0. The van der Waals surface area contributed by atoms with Gasteiger partial charge in [0.2, 0.25) is 0 Å². The van der Waals surface area contributed by atoms with Crippen LogP contribution >= 0.6 is 0 Å². The largest absolute Gasteiger partial charge is 0.387 e. The molecule has 0 aromatic rings. The van der Waals surface area contributed by atoms with E-state index >= 15 is 0 Å². The van der Waals surface area contributed by atoms with Crippen LogP contribution in [0.4, 0.5) is 0 Å². The fourth-order valence-corrected chi connectivity index (χ4v) is 0.759. The third kappa shape index (κ3) is 2.48. The number of aliphatic hydroxyl groups is 1. The summed E-state index contributed by atoms with van der Waals surface area (Å²) in [6.45, 7) is 7.71. The van der Waals surface area contributed by atoms with Gasteiger partial charge in [-0.15, -0.1) is 0 Å². The molecule has 0 radical (unpaired) electrons. The molecule has 0 aromatic carbocycles. The summed E-state index contributed by atoms with van der Waals surface area (Å²) in [5.74, 6) is 0.632. The Morgan fingerprint density at radius 2 is 1.70 bits per heavy atom. The Morgan fingerprint density at radius 1 is 1.30 bits per heavy atom. The molecule has 1 unspecified atom stereocenters. The van der Waals surface area contributed by atoms with Crippen LogP contribution in [0.15, 0.2) is 0 Å². The Kier molecular flexibility index (Phi) is 3.58. The van der Waals surface area contributed by atoms with Crippen LogP contribution in [0, 0.1) is 17.2 Å². The highest BCUT2D eigenvalue weighted by atomic mass is 16.3. The van der Waals surface area contributed by atoms with E-state index in [0.717, 1.165) is 0 Å². The first kappa shape index (κ1) is 9.63. The molecule has 2 heteroatoms. The van der Waals surface area contributed by atoms with Crippen LogP contribution in [0.2, 0.25) is 0 Å². The Balaban J connectivity index is 3.94. The van der Waals surface area contributed by atoms with Gasteiger partial charge in [-0.2, -0.15) is 0 Å². The van der Waals surface area contributed by atoms with Gasteiger partial charge in [0, 0.05) is 5.71 Å². The van der Waals surface area contributed by atoms with Crippen molar-refractivity contribution in [2.75, 3.05) is 0 Å². The van der Waals surface area contributed by atoms with Gasteiger partial charge in [-0.25, -0.2) is 0 Å². The molecule has 0 saturated heterocycles. The SMILES string of the molecule is CC(=N)C(O)[C@@H](C)C(C)C. The number of nitrogens with one attached hydrogen (secondary N) is 1. The molecule has 0 spiro atoms.